The first-order valence-electron chi connectivity index (χ1n) is 5.17. The summed E-state index contributed by atoms with van der Waals surface area (Å²) in [6.45, 7) is 3.61. The molecule has 0 aromatic carbocycles. The van der Waals surface area contributed by atoms with Gasteiger partial charge in [-0.25, -0.2) is 0 Å². The number of carbonyl (C=O) groups is 1. The number of hydrogen-bond acceptors (Lipinski definition) is 4. The monoisotopic (exact) mass is 226 g/mol. The van der Waals surface area contributed by atoms with Crippen molar-refractivity contribution in [3.8, 4) is 0 Å². The lowest BCUT2D eigenvalue weighted by molar-refractivity contribution is 0.0707. The van der Waals surface area contributed by atoms with Crippen molar-refractivity contribution in [1.29, 1.82) is 0 Å². The second-order valence-electron chi connectivity index (χ2n) is 3.44. The Hall–Kier alpha value is -1.56. The molecule has 6 nitrogen and oxygen atoms in total. The molecule has 0 bridgehead atoms. The highest BCUT2D eigenvalue weighted by Crippen LogP contribution is 2.12. The van der Waals surface area contributed by atoms with E-state index in [-0.39, 0.29) is 5.91 Å². The van der Waals surface area contributed by atoms with Gasteiger partial charge in [-0.1, -0.05) is 0 Å². The summed E-state index contributed by atoms with van der Waals surface area (Å²) in [4.78, 5) is 13.7. The highest BCUT2D eigenvalue weighted by atomic mass is 16.5. The maximum Gasteiger partial charge on any atom is 0.259 e. The summed E-state index contributed by atoms with van der Waals surface area (Å²) in [5.74, 6) is 0.283. The first-order chi connectivity index (χ1) is 7.61. The second-order valence-corrected chi connectivity index (χ2v) is 3.44. The third kappa shape index (κ3) is 2.52. The molecule has 0 saturated heterocycles. The Labute approximate surface area is 95.0 Å². The zero-order valence-corrected chi connectivity index (χ0v) is 9.93. The van der Waals surface area contributed by atoms with Crippen LogP contribution in [-0.4, -0.2) is 47.4 Å². The lowest BCUT2D eigenvalue weighted by Crippen LogP contribution is -2.34. The van der Waals surface area contributed by atoms with Crippen molar-refractivity contribution < 1.29 is 9.53 Å². The van der Waals surface area contributed by atoms with Crippen LogP contribution in [0.5, 0.6) is 0 Å². The summed E-state index contributed by atoms with van der Waals surface area (Å²) in [6, 6.07) is 0. The summed E-state index contributed by atoms with van der Waals surface area (Å²) in [7, 11) is 3.31. The van der Waals surface area contributed by atoms with Gasteiger partial charge in [-0.2, -0.15) is 5.10 Å². The zero-order valence-electron chi connectivity index (χ0n) is 9.93. The van der Waals surface area contributed by atoms with Crippen LogP contribution in [0, 0.1) is 0 Å². The lowest BCUT2D eigenvalue weighted by Gasteiger charge is -2.19. The van der Waals surface area contributed by atoms with E-state index in [0.29, 0.717) is 31.1 Å². The standard InChI is InChI=1S/C10H18N4O2/c1-4-14(5-6-16-3)10(15)8-7-12-13(2)9(8)11/h7H,4-6,11H2,1-3H3. The Morgan fingerprint density at radius 2 is 2.38 bits per heavy atom. The number of anilines is 1. The van der Waals surface area contributed by atoms with Crippen molar-refractivity contribution in [3.63, 3.8) is 0 Å². The minimum atomic E-state index is -0.106. The molecular formula is C10H18N4O2. The molecule has 0 fully saturated rings. The Balaban J connectivity index is 2.79. The van der Waals surface area contributed by atoms with Gasteiger partial charge in [0.15, 0.2) is 0 Å². The lowest BCUT2D eigenvalue weighted by atomic mass is 10.3. The van der Waals surface area contributed by atoms with Crippen molar-refractivity contribution in [2.45, 2.75) is 6.92 Å². The van der Waals surface area contributed by atoms with Crippen LogP contribution in [0.1, 0.15) is 17.3 Å². The van der Waals surface area contributed by atoms with Gasteiger partial charge in [-0.3, -0.25) is 9.48 Å². The van der Waals surface area contributed by atoms with Gasteiger partial charge in [0, 0.05) is 27.2 Å². The predicted octanol–water partition coefficient (Wildman–Crippen LogP) is 0.111. The molecule has 0 aliphatic heterocycles. The molecule has 0 aliphatic carbocycles. The number of hydrogen-bond donors (Lipinski definition) is 1. The maximum absolute atomic E-state index is 12.1. The fourth-order valence-corrected chi connectivity index (χ4v) is 1.39. The Morgan fingerprint density at radius 1 is 1.69 bits per heavy atom. The second kappa shape index (κ2) is 5.50. The van der Waals surface area contributed by atoms with E-state index in [4.69, 9.17) is 10.5 Å². The molecule has 6 heteroatoms. The van der Waals surface area contributed by atoms with E-state index in [9.17, 15) is 4.79 Å². The number of rotatable bonds is 5. The molecule has 16 heavy (non-hydrogen) atoms. The van der Waals surface area contributed by atoms with Gasteiger partial charge in [0.25, 0.3) is 5.91 Å². The minimum Gasteiger partial charge on any atom is -0.383 e. The third-order valence-electron chi connectivity index (χ3n) is 2.45. The fraction of sp³-hybridized carbons (Fsp3) is 0.600. The number of aryl methyl sites for hydroxylation is 1. The van der Waals surface area contributed by atoms with Crippen LogP contribution < -0.4 is 5.73 Å². The van der Waals surface area contributed by atoms with Gasteiger partial charge in [-0.05, 0) is 6.92 Å². The van der Waals surface area contributed by atoms with E-state index in [1.807, 2.05) is 6.92 Å². The predicted molar refractivity (Wildman–Crippen MR) is 61.1 cm³/mol. The van der Waals surface area contributed by atoms with Crippen LogP contribution in [0.15, 0.2) is 6.20 Å². The van der Waals surface area contributed by atoms with E-state index in [2.05, 4.69) is 5.10 Å². The largest absolute Gasteiger partial charge is 0.383 e. The third-order valence-corrected chi connectivity index (χ3v) is 2.45. The summed E-state index contributed by atoms with van der Waals surface area (Å²) >= 11 is 0. The molecule has 1 aromatic rings. The molecule has 1 rings (SSSR count). The van der Waals surface area contributed by atoms with E-state index >= 15 is 0 Å². The number of carbonyl (C=O) groups excluding carboxylic acids is 1. The van der Waals surface area contributed by atoms with Gasteiger partial charge >= 0.3 is 0 Å². The Kier molecular flexibility index (Phi) is 4.30. The Morgan fingerprint density at radius 3 is 2.81 bits per heavy atom. The molecule has 0 spiro atoms. The first kappa shape index (κ1) is 12.5. The van der Waals surface area contributed by atoms with Crippen LogP contribution >= 0.6 is 0 Å². The quantitative estimate of drug-likeness (QED) is 0.773. The Bertz CT molecular complexity index is 362. The molecule has 0 atom stereocenters. The van der Waals surface area contributed by atoms with E-state index < -0.39 is 0 Å². The van der Waals surface area contributed by atoms with Crippen molar-refractivity contribution in [2.75, 3.05) is 32.5 Å². The fourth-order valence-electron chi connectivity index (χ4n) is 1.39. The van der Waals surface area contributed by atoms with Crippen molar-refractivity contribution in [1.82, 2.24) is 14.7 Å². The summed E-state index contributed by atoms with van der Waals surface area (Å²) in [6.07, 6.45) is 1.49. The number of nitrogens with two attached hydrogens (primary N) is 1. The average Bonchev–Trinajstić information content (AvgIpc) is 2.60. The minimum absolute atomic E-state index is 0.106. The summed E-state index contributed by atoms with van der Waals surface area (Å²) in [5, 5.41) is 3.95. The normalized spacial score (nSPS) is 10.4. The number of nitrogens with zero attached hydrogens (tertiary/aromatic N) is 3. The molecular weight excluding hydrogens is 208 g/mol. The molecule has 0 aliphatic rings. The van der Waals surface area contributed by atoms with E-state index in [1.165, 1.54) is 10.9 Å². The van der Waals surface area contributed by atoms with Crippen molar-refractivity contribution in [3.05, 3.63) is 11.8 Å². The van der Waals surface area contributed by atoms with Crippen LogP contribution in [0.2, 0.25) is 0 Å². The highest BCUT2D eigenvalue weighted by molar-refractivity contribution is 5.98. The highest BCUT2D eigenvalue weighted by Gasteiger charge is 2.18. The van der Waals surface area contributed by atoms with Gasteiger partial charge in [0.1, 0.15) is 11.4 Å². The van der Waals surface area contributed by atoms with Crippen LogP contribution in [-0.2, 0) is 11.8 Å². The molecule has 1 amide bonds. The van der Waals surface area contributed by atoms with Gasteiger partial charge in [0.2, 0.25) is 0 Å². The number of likely N-dealkylation sites (N-methyl/N-ethyl adjacent to an activating group) is 1. The smallest absolute Gasteiger partial charge is 0.259 e. The van der Waals surface area contributed by atoms with Crippen LogP contribution in [0.4, 0.5) is 5.82 Å². The summed E-state index contributed by atoms with van der Waals surface area (Å²) < 4.78 is 6.43. The number of methoxy groups -OCH3 is 1. The molecule has 0 unspecified atom stereocenters. The topological polar surface area (TPSA) is 73.4 Å². The van der Waals surface area contributed by atoms with Crippen molar-refractivity contribution >= 4 is 11.7 Å². The molecule has 0 radical (unpaired) electrons. The number of nitrogen functional groups attached to an aromatic ring is 1. The number of aromatic nitrogens is 2. The number of amides is 1. The molecule has 1 aromatic heterocycles. The van der Waals surface area contributed by atoms with Gasteiger partial charge < -0.3 is 15.4 Å². The summed E-state index contributed by atoms with van der Waals surface area (Å²) in [5.41, 5.74) is 6.19. The van der Waals surface area contributed by atoms with Crippen molar-refractivity contribution in [2.24, 2.45) is 7.05 Å². The maximum atomic E-state index is 12.1. The van der Waals surface area contributed by atoms with E-state index in [0.717, 1.165) is 0 Å². The number of ether oxygens (including phenoxy) is 1. The molecule has 2 N–H and O–H groups in total. The van der Waals surface area contributed by atoms with Crippen LogP contribution in [0.25, 0.3) is 0 Å². The van der Waals surface area contributed by atoms with Gasteiger partial charge in [-0.15, -0.1) is 0 Å². The van der Waals surface area contributed by atoms with Gasteiger partial charge in [0.05, 0.1) is 12.8 Å². The zero-order chi connectivity index (χ0) is 12.1. The first-order valence-corrected chi connectivity index (χ1v) is 5.17. The average molecular weight is 226 g/mol. The van der Waals surface area contributed by atoms with E-state index in [1.54, 1.807) is 19.1 Å². The molecule has 1 heterocycles. The molecule has 0 saturated carbocycles. The van der Waals surface area contributed by atoms with Crippen LogP contribution in [0.3, 0.4) is 0 Å². The molecule has 90 valence electrons. The SMILES string of the molecule is CCN(CCOC)C(=O)c1cnn(C)c1N.